The zero-order valence-corrected chi connectivity index (χ0v) is 10.2. The number of carbonyl (C=O) groups is 1. The maximum atomic E-state index is 10.7. The number of aromatic carboxylic acids is 1. The van der Waals surface area contributed by atoms with Gasteiger partial charge in [-0.2, -0.15) is 0 Å². The third kappa shape index (κ3) is 2.61. The summed E-state index contributed by atoms with van der Waals surface area (Å²) in [7, 11) is 0. The molecule has 5 N–H and O–H groups in total. The minimum absolute atomic E-state index is 0.0537. The normalized spacial score (nSPS) is 10.2. The van der Waals surface area contributed by atoms with Crippen molar-refractivity contribution in [1.29, 1.82) is 0 Å². The van der Waals surface area contributed by atoms with Gasteiger partial charge in [0.15, 0.2) is 5.82 Å². The second-order valence-corrected chi connectivity index (χ2v) is 4.00. The summed E-state index contributed by atoms with van der Waals surface area (Å²) >= 11 is 0. The van der Waals surface area contributed by atoms with Crippen molar-refractivity contribution in [2.75, 3.05) is 10.7 Å². The van der Waals surface area contributed by atoms with E-state index in [0.29, 0.717) is 17.2 Å². The SMILES string of the molecule is Cc1cnc(N(N)c2ccc(C(=O)O)nc2)c(N)c1. The molecule has 0 saturated heterocycles. The molecule has 2 aromatic heterocycles. The van der Waals surface area contributed by atoms with E-state index in [0.717, 1.165) is 5.56 Å². The van der Waals surface area contributed by atoms with Crippen LogP contribution in [0.5, 0.6) is 0 Å². The van der Waals surface area contributed by atoms with E-state index >= 15 is 0 Å². The van der Waals surface area contributed by atoms with Crippen LogP contribution >= 0.6 is 0 Å². The quantitative estimate of drug-likeness (QED) is 0.557. The largest absolute Gasteiger partial charge is 0.477 e. The fourth-order valence-electron chi connectivity index (χ4n) is 1.56. The number of nitrogens with two attached hydrogens (primary N) is 2. The second kappa shape index (κ2) is 4.91. The average Bonchev–Trinajstić information content (AvgIpc) is 2.38. The molecule has 0 spiro atoms. The topological polar surface area (TPSA) is 118 Å². The number of rotatable bonds is 3. The Morgan fingerprint density at radius 1 is 1.32 bits per heavy atom. The van der Waals surface area contributed by atoms with E-state index in [1.165, 1.54) is 23.3 Å². The van der Waals surface area contributed by atoms with E-state index in [-0.39, 0.29) is 5.69 Å². The highest BCUT2D eigenvalue weighted by Crippen LogP contribution is 2.25. The minimum atomic E-state index is -1.09. The van der Waals surface area contributed by atoms with Crippen LogP contribution in [0.15, 0.2) is 30.6 Å². The van der Waals surface area contributed by atoms with Crippen LogP contribution in [0.1, 0.15) is 16.1 Å². The molecule has 7 nitrogen and oxygen atoms in total. The number of nitrogens with zero attached hydrogens (tertiary/aromatic N) is 3. The molecule has 98 valence electrons. The van der Waals surface area contributed by atoms with Crippen LogP contribution in [-0.4, -0.2) is 21.0 Å². The van der Waals surface area contributed by atoms with E-state index in [4.69, 9.17) is 16.7 Å². The third-order valence-corrected chi connectivity index (χ3v) is 2.51. The highest BCUT2D eigenvalue weighted by molar-refractivity contribution is 5.85. The van der Waals surface area contributed by atoms with Crippen LogP contribution in [0.2, 0.25) is 0 Å². The predicted octanol–water partition coefficient (Wildman–Crippen LogP) is 1.08. The fourth-order valence-corrected chi connectivity index (χ4v) is 1.56. The van der Waals surface area contributed by atoms with Crippen LogP contribution in [0.3, 0.4) is 0 Å². The summed E-state index contributed by atoms with van der Waals surface area (Å²) in [5.74, 6) is 5.19. The summed E-state index contributed by atoms with van der Waals surface area (Å²) in [5.41, 5.74) is 7.64. The van der Waals surface area contributed by atoms with Gasteiger partial charge in [-0.3, -0.25) is 5.01 Å². The summed E-state index contributed by atoms with van der Waals surface area (Å²) in [5, 5.41) is 10.0. The van der Waals surface area contributed by atoms with Crippen molar-refractivity contribution in [1.82, 2.24) is 9.97 Å². The fraction of sp³-hybridized carbons (Fsp3) is 0.0833. The molecule has 0 unspecified atom stereocenters. The third-order valence-electron chi connectivity index (χ3n) is 2.51. The molecule has 0 saturated carbocycles. The predicted molar refractivity (Wildman–Crippen MR) is 70.9 cm³/mol. The Bertz CT molecular complexity index is 612. The molecule has 0 aliphatic heterocycles. The van der Waals surface area contributed by atoms with E-state index in [1.807, 2.05) is 6.92 Å². The number of aromatic nitrogens is 2. The first kappa shape index (κ1) is 12.8. The Hall–Kier alpha value is -2.67. The van der Waals surface area contributed by atoms with Crippen molar-refractivity contribution >= 4 is 23.2 Å². The first-order valence-electron chi connectivity index (χ1n) is 5.45. The maximum Gasteiger partial charge on any atom is 0.354 e. The van der Waals surface area contributed by atoms with Gasteiger partial charge in [0, 0.05) is 6.20 Å². The van der Waals surface area contributed by atoms with E-state index in [1.54, 1.807) is 12.3 Å². The van der Waals surface area contributed by atoms with Crippen molar-refractivity contribution in [3.05, 3.63) is 41.9 Å². The van der Waals surface area contributed by atoms with Gasteiger partial charge >= 0.3 is 5.97 Å². The van der Waals surface area contributed by atoms with Gasteiger partial charge in [0.1, 0.15) is 5.69 Å². The molecule has 0 aliphatic carbocycles. The van der Waals surface area contributed by atoms with E-state index in [9.17, 15) is 4.79 Å². The average molecular weight is 259 g/mol. The van der Waals surface area contributed by atoms with Gasteiger partial charge in [-0.05, 0) is 30.7 Å². The van der Waals surface area contributed by atoms with Crippen LogP contribution in [-0.2, 0) is 0 Å². The molecule has 0 aliphatic rings. The highest BCUT2D eigenvalue weighted by Gasteiger charge is 2.12. The molecular weight excluding hydrogens is 246 g/mol. The van der Waals surface area contributed by atoms with Gasteiger partial charge in [-0.1, -0.05) is 0 Å². The number of carboxylic acids is 1. The molecule has 0 aromatic carbocycles. The maximum absolute atomic E-state index is 10.7. The number of hydrogen-bond donors (Lipinski definition) is 3. The van der Waals surface area contributed by atoms with Gasteiger partial charge in [0.25, 0.3) is 0 Å². The van der Waals surface area contributed by atoms with Gasteiger partial charge in [0.05, 0.1) is 17.6 Å². The number of nitrogen functional groups attached to an aromatic ring is 1. The van der Waals surface area contributed by atoms with E-state index in [2.05, 4.69) is 9.97 Å². The Balaban J connectivity index is 2.33. The first-order chi connectivity index (χ1) is 8.99. The zero-order valence-electron chi connectivity index (χ0n) is 10.2. The van der Waals surface area contributed by atoms with Crippen molar-refractivity contribution < 1.29 is 9.90 Å². The number of hydrazine groups is 1. The molecule has 0 radical (unpaired) electrons. The molecule has 2 rings (SSSR count). The minimum Gasteiger partial charge on any atom is -0.477 e. The Kier molecular flexibility index (Phi) is 3.30. The Morgan fingerprint density at radius 2 is 2.05 bits per heavy atom. The molecule has 0 amide bonds. The van der Waals surface area contributed by atoms with Gasteiger partial charge in [0.2, 0.25) is 0 Å². The van der Waals surface area contributed by atoms with Crippen molar-refractivity contribution in [2.45, 2.75) is 6.92 Å². The summed E-state index contributed by atoms with van der Waals surface area (Å²) in [6.45, 7) is 1.87. The lowest BCUT2D eigenvalue weighted by Crippen LogP contribution is -2.27. The highest BCUT2D eigenvalue weighted by atomic mass is 16.4. The number of carboxylic acid groups (broad SMARTS) is 1. The lowest BCUT2D eigenvalue weighted by Gasteiger charge is -2.19. The van der Waals surface area contributed by atoms with Crippen molar-refractivity contribution in [2.24, 2.45) is 5.84 Å². The summed E-state index contributed by atoms with van der Waals surface area (Å²) in [6, 6.07) is 4.65. The number of hydrogen-bond acceptors (Lipinski definition) is 6. The molecule has 0 fully saturated rings. The summed E-state index contributed by atoms with van der Waals surface area (Å²) in [4.78, 5) is 18.6. The van der Waals surface area contributed by atoms with Gasteiger partial charge in [-0.25, -0.2) is 20.6 Å². The molecule has 0 bridgehead atoms. The lowest BCUT2D eigenvalue weighted by atomic mass is 10.2. The molecule has 2 aromatic rings. The van der Waals surface area contributed by atoms with Crippen LogP contribution in [0.25, 0.3) is 0 Å². The molecular formula is C12H13N5O2. The first-order valence-corrected chi connectivity index (χ1v) is 5.45. The van der Waals surface area contributed by atoms with Crippen molar-refractivity contribution in [3.8, 4) is 0 Å². The number of pyridine rings is 2. The van der Waals surface area contributed by atoms with Crippen LogP contribution in [0, 0.1) is 6.92 Å². The van der Waals surface area contributed by atoms with Crippen LogP contribution < -0.4 is 16.6 Å². The second-order valence-electron chi connectivity index (χ2n) is 4.00. The van der Waals surface area contributed by atoms with Crippen LogP contribution in [0.4, 0.5) is 17.2 Å². The molecule has 19 heavy (non-hydrogen) atoms. The van der Waals surface area contributed by atoms with Gasteiger partial charge in [-0.15, -0.1) is 0 Å². The summed E-state index contributed by atoms with van der Waals surface area (Å²) in [6.07, 6.45) is 3.00. The number of anilines is 3. The molecule has 0 atom stereocenters. The lowest BCUT2D eigenvalue weighted by molar-refractivity contribution is 0.0690. The van der Waals surface area contributed by atoms with E-state index < -0.39 is 5.97 Å². The molecule has 2 heterocycles. The monoisotopic (exact) mass is 259 g/mol. The standard InChI is InChI=1S/C12H13N5O2/c1-7-4-9(13)11(16-5-7)17(14)8-2-3-10(12(18)19)15-6-8/h2-6H,13-14H2,1H3,(H,18,19). The Labute approximate surface area is 109 Å². The zero-order chi connectivity index (χ0) is 14.0. The smallest absolute Gasteiger partial charge is 0.354 e. The Morgan fingerprint density at radius 3 is 2.58 bits per heavy atom. The summed E-state index contributed by atoms with van der Waals surface area (Å²) < 4.78 is 0. The molecule has 7 heteroatoms. The van der Waals surface area contributed by atoms with Gasteiger partial charge < -0.3 is 10.8 Å². The number of aryl methyl sites for hydroxylation is 1. The van der Waals surface area contributed by atoms with Crippen molar-refractivity contribution in [3.63, 3.8) is 0 Å².